The second-order valence-corrected chi connectivity index (χ2v) is 8.52. The predicted molar refractivity (Wildman–Crippen MR) is 129 cm³/mol. The highest BCUT2D eigenvalue weighted by Gasteiger charge is 2.48. The molecule has 1 saturated heterocycles. The molecule has 1 fully saturated rings. The number of pyridine rings is 1. The van der Waals surface area contributed by atoms with Crippen molar-refractivity contribution in [3.05, 3.63) is 76.1 Å². The molecule has 3 heterocycles. The first-order valence-electron chi connectivity index (χ1n) is 11.0. The van der Waals surface area contributed by atoms with Crippen molar-refractivity contribution in [1.29, 1.82) is 0 Å². The van der Waals surface area contributed by atoms with E-state index in [1.165, 1.54) is 17.3 Å². The van der Waals surface area contributed by atoms with Gasteiger partial charge in [-0.15, -0.1) is 0 Å². The smallest absolute Gasteiger partial charge is 0.350 e. The van der Waals surface area contributed by atoms with Crippen molar-refractivity contribution >= 4 is 39.9 Å². The standard InChI is InChI=1S/C25H23N3O6S/c1-4-33-17-8-6-7-16(13-17)19-18(20(29)15-9-11-26-12-10-15)21(30)23(31)28(19)25-27-14(3)22(35-25)24(32)34-5-2/h6-13,19,29H,4-5H2,1-3H3/b20-18+. The first kappa shape index (κ1) is 24.1. The van der Waals surface area contributed by atoms with Crippen molar-refractivity contribution < 1.29 is 29.0 Å². The Morgan fingerprint density at radius 2 is 1.89 bits per heavy atom. The van der Waals surface area contributed by atoms with Gasteiger partial charge in [0.15, 0.2) is 5.13 Å². The van der Waals surface area contributed by atoms with Gasteiger partial charge in [0, 0.05) is 18.0 Å². The summed E-state index contributed by atoms with van der Waals surface area (Å²) in [5.41, 5.74) is 1.16. The number of thiazole rings is 1. The summed E-state index contributed by atoms with van der Waals surface area (Å²) in [6, 6.07) is 9.03. The number of carbonyl (C=O) groups is 3. The van der Waals surface area contributed by atoms with Gasteiger partial charge in [0.1, 0.15) is 16.4 Å². The summed E-state index contributed by atoms with van der Waals surface area (Å²) in [4.78, 5) is 48.7. The zero-order valence-electron chi connectivity index (χ0n) is 19.3. The van der Waals surface area contributed by atoms with E-state index < -0.39 is 23.7 Å². The van der Waals surface area contributed by atoms with Gasteiger partial charge in [-0.05, 0) is 50.6 Å². The molecule has 1 amide bonds. The number of nitrogens with zero attached hydrogens (tertiary/aromatic N) is 3. The van der Waals surface area contributed by atoms with Crippen LogP contribution in [0.3, 0.4) is 0 Å². The highest BCUT2D eigenvalue weighted by atomic mass is 32.1. The molecule has 10 heteroatoms. The number of anilines is 1. The predicted octanol–water partition coefficient (Wildman–Crippen LogP) is 4.05. The number of Topliss-reactive ketones (excluding diaryl/α,β-unsaturated/α-hetero) is 1. The SMILES string of the molecule is CCOC(=O)c1sc(N2C(=O)C(=O)/C(=C(/O)c3ccncc3)C2c2cccc(OCC)c2)nc1C. The lowest BCUT2D eigenvalue weighted by atomic mass is 9.95. The number of benzene rings is 1. The maximum absolute atomic E-state index is 13.3. The Morgan fingerprint density at radius 3 is 2.57 bits per heavy atom. The van der Waals surface area contributed by atoms with Crippen molar-refractivity contribution in [1.82, 2.24) is 9.97 Å². The van der Waals surface area contributed by atoms with E-state index >= 15 is 0 Å². The van der Waals surface area contributed by atoms with E-state index in [1.807, 2.05) is 6.92 Å². The van der Waals surface area contributed by atoms with Gasteiger partial charge in [0.25, 0.3) is 5.78 Å². The van der Waals surface area contributed by atoms with E-state index in [0.29, 0.717) is 29.2 Å². The minimum Gasteiger partial charge on any atom is -0.507 e. The van der Waals surface area contributed by atoms with E-state index in [0.717, 1.165) is 11.3 Å². The van der Waals surface area contributed by atoms with Crippen molar-refractivity contribution in [2.45, 2.75) is 26.8 Å². The van der Waals surface area contributed by atoms with E-state index in [4.69, 9.17) is 9.47 Å². The van der Waals surface area contributed by atoms with Crippen LogP contribution in [0, 0.1) is 6.92 Å². The van der Waals surface area contributed by atoms with Gasteiger partial charge >= 0.3 is 11.9 Å². The van der Waals surface area contributed by atoms with Crippen molar-refractivity contribution in [2.24, 2.45) is 0 Å². The largest absolute Gasteiger partial charge is 0.507 e. The molecule has 0 radical (unpaired) electrons. The van der Waals surface area contributed by atoms with Gasteiger partial charge in [-0.3, -0.25) is 19.5 Å². The lowest BCUT2D eigenvalue weighted by Crippen LogP contribution is -2.29. The van der Waals surface area contributed by atoms with Crippen molar-refractivity contribution in [2.75, 3.05) is 18.1 Å². The van der Waals surface area contributed by atoms with Crippen LogP contribution < -0.4 is 9.64 Å². The summed E-state index contributed by atoms with van der Waals surface area (Å²) in [6.07, 6.45) is 2.96. The molecule has 1 unspecified atom stereocenters. The Morgan fingerprint density at radius 1 is 1.14 bits per heavy atom. The Bertz CT molecular complexity index is 1320. The maximum atomic E-state index is 13.3. The zero-order valence-corrected chi connectivity index (χ0v) is 20.2. The van der Waals surface area contributed by atoms with Crippen LogP contribution in [-0.2, 0) is 14.3 Å². The lowest BCUT2D eigenvalue weighted by Gasteiger charge is -2.23. The molecule has 1 aromatic carbocycles. The van der Waals surface area contributed by atoms with Crippen LogP contribution >= 0.6 is 11.3 Å². The minimum atomic E-state index is -0.996. The molecule has 1 aliphatic rings. The molecule has 4 rings (SSSR count). The second kappa shape index (κ2) is 10.1. The average molecular weight is 494 g/mol. The molecule has 0 aliphatic carbocycles. The van der Waals surface area contributed by atoms with Crippen LogP contribution in [0.15, 0.2) is 54.4 Å². The number of aromatic nitrogens is 2. The fraction of sp³-hybridized carbons (Fsp3) is 0.240. The fourth-order valence-corrected chi connectivity index (χ4v) is 4.81. The van der Waals surface area contributed by atoms with E-state index in [9.17, 15) is 19.5 Å². The van der Waals surface area contributed by atoms with E-state index in [1.54, 1.807) is 50.2 Å². The quantitative estimate of drug-likeness (QED) is 0.227. The number of aliphatic hydroxyl groups is 1. The normalized spacial score (nSPS) is 17.0. The Hall–Kier alpha value is -4.05. The van der Waals surface area contributed by atoms with Crippen molar-refractivity contribution in [3.63, 3.8) is 0 Å². The van der Waals surface area contributed by atoms with Gasteiger partial charge in [0.05, 0.1) is 30.5 Å². The molecule has 9 nitrogen and oxygen atoms in total. The fourth-order valence-electron chi connectivity index (χ4n) is 3.82. The third kappa shape index (κ3) is 4.52. The van der Waals surface area contributed by atoms with Crippen LogP contribution in [0.2, 0.25) is 0 Å². The maximum Gasteiger partial charge on any atom is 0.350 e. The molecule has 1 N–H and O–H groups in total. The number of carbonyl (C=O) groups excluding carboxylic acids is 3. The molecule has 3 aromatic rings. The van der Waals surface area contributed by atoms with Gasteiger partial charge in [0.2, 0.25) is 0 Å². The first-order chi connectivity index (χ1) is 16.9. The third-order valence-corrected chi connectivity index (χ3v) is 6.47. The molecule has 2 aromatic heterocycles. The molecule has 0 saturated carbocycles. The minimum absolute atomic E-state index is 0.0969. The molecule has 180 valence electrons. The summed E-state index contributed by atoms with van der Waals surface area (Å²) in [5.74, 6) is -2.08. The highest BCUT2D eigenvalue weighted by molar-refractivity contribution is 7.17. The lowest BCUT2D eigenvalue weighted by molar-refractivity contribution is -0.132. The molecular formula is C25H23N3O6S. The van der Waals surface area contributed by atoms with Crippen LogP contribution in [0.4, 0.5) is 5.13 Å². The summed E-state index contributed by atoms with van der Waals surface area (Å²) in [6.45, 7) is 5.78. The van der Waals surface area contributed by atoms with E-state index in [-0.39, 0.29) is 27.9 Å². The number of hydrogen-bond donors (Lipinski definition) is 1. The highest BCUT2D eigenvalue weighted by Crippen LogP contribution is 2.44. The molecule has 1 atom stereocenters. The summed E-state index contributed by atoms with van der Waals surface area (Å²) in [7, 11) is 0. The third-order valence-electron chi connectivity index (χ3n) is 5.34. The van der Waals surface area contributed by atoms with Gasteiger partial charge in [-0.1, -0.05) is 23.5 Å². The Labute approximate surface area is 205 Å². The second-order valence-electron chi connectivity index (χ2n) is 7.54. The number of amides is 1. The van der Waals surface area contributed by atoms with Crippen LogP contribution in [0.25, 0.3) is 5.76 Å². The molecule has 35 heavy (non-hydrogen) atoms. The first-order valence-corrected chi connectivity index (χ1v) is 11.8. The number of hydrogen-bond acceptors (Lipinski definition) is 9. The summed E-state index contributed by atoms with van der Waals surface area (Å²) in [5, 5.41) is 11.3. The number of aryl methyl sites for hydroxylation is 1. The molecular weight excluding hydrogens is 470 g/mol. The summed E-state index contributed by atoms with van der Waals surface area (Å²) < 4.78 is 10.7. The number of aliphatic hydroxyl groups excluding tert-OH is 1. The van der Waals surface area contributed by atoms with Crippen molar-refractivity contribution in [3.8, 4) is 5.75 Å². The summed E-state index contributed by atoms with van der Waals surface area (Å²) >= 11 is 0.955. The van der Waals surface area contributed by atoms with Gasteiger partial charge in [-0.25, -0.2) is 9.78 Å². The van der Waals surface area contributed by atoms with Gasteiger partial charge in [-0.2, -0.15) is 0 Å². The van der Waals surface area contributed by atoms with Crippen LogP contribution in [0.5, 0.6) is 5.75 Å². The number of rotatable bonds is 7. The molecule has 0 bridgehead atoms. The molecule has 1 aliphatic heterocycles. The van der Waals surface area contributed by atoms with E-state index in [2.05, 4.69) is 9.97 Å². The Kier molecular flexibility index (Phi) is 6.92. The number of ketones is 1. The topological polar surface area (TPSA) is 119 Å². The molecule has 0 spiro atoms. The average Bonchev–Trinajstić information content (AvgIpc) is 3.36. The zero-order chi connectivity index (χ0) is 25.1. The monoisotopic (exact) mass is 493 g/mol. The van der Waals surface area contributed by atoms with Crippen LogP contribution in [0.1, 0.15) is 46.4 Å². The van der Waals surface area contributed by atoms with Crippen LogP contribution in [-0.4, -0.2) is 45.9 Å². The Balaban J connectivity index is 1.91. The van der Waals surface area contributed by atoms with Gasteiger partial charge < -0.3 is 14.6 Å². The number of ether oxygens (including phenoxy) is 2. The number of esters is 1.